The quantitative estimate of drug-likeness (QED) is 0.576. The molecule has 5 nitrogen and oxygen atoms in total. The van der Waals surface area contributed by atoms with Crippen LogP contribution in [0.4, 0.5) is 0 Å². The molecule has 0 aliphatic rings. The zero-order chi connectivity index (χ0) is 18.5. The topological polar surface area (TPSA) is 59.8 Å². The number of hydrogen-bond donors (Lipinski definition) is 1. The number of carbonyl (C=O) groups is 1. The molecule has 134 valence electrons. The molecule has 0 fully saturated rings. The number of benzene rings is 2. The minimum absolute atomic E-state index is 0.0194. The highest BCUT2D eigenvalue weighted by atomic mass is 16.1. The first kappa shape index (κ1) is 17.0. The summed E-state index contributed by atoms with van der Waals surface area (Å²) in [6.07, 6.45) is 7.72. The highest BCUT2D eigenvalue weighted by molar-refractivity contribution is 5.90. The Morgan fingerprint density at radius 2 is 1.85 bits per heavy atom. The number of rotatable bonds is 6. The van der Waals surface area contributed by atoms with Gasteiger partial charge in [0, 0.05) is 36.3 Å². The third-order valence-corrected chi connectivity index (χ3v) is 4.52. The number of nitrogens with one attached hydrogen (secondary N) is 1. The monoisotopic (exact) mass is 356 g/mol. The Labute approximate surface area is 157 Å². The van der Waals surface area contributed by atoms with Gasteiger partial charge in [0.25, 0.3) is 0 Å². The van der Waals surface area contributed by atoms with Gasteiger partial charge in [0.15, 0.2) is 0 Å². The molecule has 0 unspecified atom stereocenters. The highest BCUT2D eigenvalue weighted by Crippen LogP contribution is 2.19. The van der Waals surface area contributed by atoms with Gasteiger partial charge >= 0.3 is 0 Å². The molecule has 2 aromatic carbocycles. The largest absolute Gasteiger partial charge is 0.354 e. The molecule has 2 aromatic heterocycles. The lowest BCUT2D eigenvalue weighted by Crippen LogP contribution is -2.28. The Morgan fingerprint density at radius 1 is 0.963 bits per heavy atom. The average Bonchev–Trinajstić information content (AvgIpc) is 3.18. The van der Waals surface area contributed by atoms with E-state index in [0.29, 0.717) is 19.5 Å². The fraction of sp³-hybridized carbons (Fsp3) is 0.136. The summed E-state index contributed by atoms with van der Waals surface area (Å²) >= 11 is 0. The molecule has 0 saturated carbocycles. The summed E-state index contributed by atoms with van der Waals surface area (Å²) in [6, 6.07) is 18.1. The van der Waals surface area contributed by atoms with Crippen LogP contribution in [0.1, 0.15) is 5.56 Å². The van der Waals surface area contributed by atoms with Crippen molar-refractivity contribution in [3.05, 3.63) is 84.9 Å². The van der Waals surface area contributed by atoms with Crippen molar-refractivity contribution in [2.45, 2.75) is 13.0 Å². The molecule has 0 aliphatic heterocycles. The lowest BCUT2D eigenvalue weighted by atomic mass is 10.0. The van der Waals surface area contributed by atoms with Crippen LogP contribution in [-0.4, -0.2) is 27.2 Å². The number of hydrogen-bond acceptors (Lipinski definition) is 3. The second-order valence-electron chi connectivity index (χ2n) is 6.40. The molecule has 0 atom stereocenters. The fourth-order valence-corrected chi connectivity index (χ4v) is 3.16. The zero-order valence-electron chi connectivity index (χ0n) is 14.9. The molecule has 5 heteroatoms. The van der Waals surface area contributed by atoms with Crippen molar-refractivity contribution in [2.24, 2.45) is 0 Å². The predicted molar refractivity (Wildman–Crippen MR) is 106 cm³/mol. The number of aromatic nitrogens is 3. The number of amides is 1. The zero-order valence-corrected chi connectivity index (χ0v) is 14.9. The van der Waals surface area contributed by atoms with E-state index in [1.165, 1.54) is 0 Å². The normalized spacial score (nSPS) is 10.8. The lowest BCUT2D eigenvalue weighted by Gasteiger charge is -2.08. The third kappa shape index (κ3) is 4.03. The number of pyridine rings is 1. The van der Waals surface area contributed by atoms with Crippen molar-refractivity contribution < 1.29 is 4.79 Å². The molecule has 1 amide bonds. The molecular weight excluding hydrogens is 336 g/mol. The minimum Gasteiger partial charge on any atom is -0.354 e. The van der Waals surface area contributed by atoms with Crippen molar-refractivity contribution in [1.29, 1.82) is 0 Å². The Morgan fingerprint density at radius 3 is 2.74 bits per heavy atom. The van der Waals surface area contributed by atoms with Gasteiger partial charge in [0.05, 0.1) is 19.2 Å². The van der Waals surface area contributed by atoms with Crippen LogP contribution in [0, 0.1) is 0 Å². The molecule has 1 N–H and O–H groups in total. The van der Waals surface area contributed by atoms with E-state index in [1.807, 2.05) is 59.7 Å². The molecule has 0 aliphatic carbocycles. The Kier molecular flexibility index (Phi) is 4.92. The summed E-state index contributed by atoms with van der Waals surface area (Å²) in [5.74, 6) is 0.0194. The van der Waals surface area contributed by atoms with E-state index in [-0.39, 0.29) is 5.91 Å². The van der Waals surface area contributed by atoms with E-state index in [1.54, 1.807) is 6.20 Å². The van der Waals surface area contributed by atoms with E-state index in [2.05, 4.69) is 33.6 Å². The highest BCUT2D eigenvalue weighted by Gasteiger charge is 2.07. The minimum atomic E-state index is 0.0194. The summed E-state index contributed by atoms with van der Waals surface area (Å²) in [7, 11) is 0. The maximum Gasteiger partial charge on any atom is 0.224 e. The van der Waals surface area contributed by atoms with Gasteiger partial charge in [-0.1, -0.05) is 48.5 Å². The lowest BCUT2D eigenvalue weighted by molar-refractivity contribution is -0.120. The molecule has 0 spiro atoms. The Bertz CT molecular complexity index is 1050. The van der Waals surface area contributed by atoms with Crippen molar-refractivity contribution >= 4 is 16.7 Å². The second kappa shape index (κ2) is 7.83. The van der Waals surface area contributed by atoms with Gasteiger partial charge in [-0.2, -0.15) is 5.10 Å². The smallest absolute Gasteiger partial charge is 0.224 e. The molecule has 0 radical (unpaired) electrons. The molecule has 2 heterocycles. The van der Waals surface area contributed by atoms with E-state index >= 15 is 0 Å². The van der Waals surface area contributed by atoms with Crippen molar-refractivity contribution in [1.82, 2.24) is 20.1 Å². The molecular formula is C22H20N4O. The van der Waals surface area contributed by atoms with E-state index in [0.717, 1.165) is 27.5 Å². The Hall–Kier alpha value is -3.47. The first-order valence-corrected chi connectivity index (χ1v) is 8.96. The van der Waals surface area contributed by atoms with Gasteiger partial charge in [-0.25, -0.2) is 0 Å². The molecule has 0 bridgehead atoms. The third-order valence-electron chi connectivity index (χ3n) is 4.52. The van der Waals surface area contributed by atoms with Crippen LogP contribution in [0.2, 0.25) is 0 Å². The summed E-state index contributed by atoms with van der Waals surface area (Å²) < 4.78 is 1.83. The van der Waals surface area contributed by atoms with Crippen LogP contribution in [-0.2, 0) is 17.8 Å². The summed E-state index contributed by atoms with van der Waals surface area (Å²) in [5.41, 5.74) is 3.09. The molecule has 4 rings (SSSR count). The number of fused-ring (bicyclic) bond motifs is 1. The van der Waals surface area contributed by atoms with Gasteiger partial charge in [-0.3, -0.25) is 14.5 Å². The predicted octanol–water partition coefficient (Wildman–Crippen LogP) is 3.46. The van der Waals surface area contributed by atoms with Gasteiger partial charge < -0.3 is 5.32 Å². The van der Waals surface area contributed by atoms with Crippen LogP contribution in [0.3, 0.4) is 0 Å². The van der Waals surface area contributed by atoms with Gasteiger partial charge in [0.1, 0.15) is 0 Å². The second-order valence-corrected chi connectivity index (χ2v) is 6.40. The first-order chi connectivity index (χ1) is 13.3. The summed E-state index contributed by atoms with van der Waals surface area (Å²) in [6.45, 7) is 1.17. The van der Waals surface area contributed by atoms with Gasteiger partial charge in [0.2, 0.25) is 5.91 Å². The van der Waals surface area contributed by atoms with E-state index in [9.17, 15) is 4.79 Å². The van der Waals surface area contributed by atoms with Gasteiger partial charge in [-0.15, -0.1) is 0 Å². The van der Waals surface area contributed by atoms with E-state index in [4.69, 9.17) is 0 Å². The van der Waals surface area contributed by atoms with Crippen LogP contribution in [0.25, 0.3) is 21.9 Å². The van der Waals surface area contributed by atoms with Crippen molar-refractivity contribution in [3.8, 4) is 11.1 Å². The fourth-order valence-electron chi connectivity index (χ4n) is 3.16. The van der Waals surface area contributed by atoms with Crippen LogP contribution < -0.4 is 5.32 Å². The van der Waals surface area contributed by atoms with Crippen molar-refractivity contribution in [3.63, 3.8) is 0 Å². The SMILES string of the molecule is O=C(Cc1cccc2ccccc12)NCCn1cc(-c2cccnc2)cn1. The molecule has 27 heavy (non-hydrogen) atoms. The van der Waals surface area contributed by atoms with Crippen LogP contribution in [0.5, 0.6) is 0 Å². The molecule has 4 aromatic rings. The van der Waals surface area contributed by atoms with E-state index < -0.39 is 0 Å². The molecule has 0 saturated heterocycles. The summed E-state index contributed by atoms with van der Waals surface area (Å²) in [4.78, 5) is 16.4. The number of nitrogens with zero attached hydrogens (tertiary/aromatic N) is 3. The first-order valence-electron chi connectivity index (χ1n) is 8.96. The van der Waals surface area contributed by atoms with Gasteiger partial charge in [-0.05, 0) is 22.4 Å². The average molecular weight is 356 g/mol. The van der Waals surface area contributed by atoms with Crippen molar-refractivity contribution in [2.75, 3.05) is 6.54 Å². The van der Waals surface area contributed by atoms with Crippen LogP contribution >= 0.6 is 0 Å². The number of carbonyl (C=O) groups excluding carboxylic acids is 1. The van der Waals surface area contributed by atoms with Crippen LogP contribution in [0.15, 0.2) is 79.4 Å². The maximum absolute atomic E-state index is 12.3. The standard InChI is InChI=1S/C22H20N4O/c27-22(13-18-7-3-6-17-5-1-2-9-21(17)18)24-11-12-26-16-20(15-25-26)19-8-4-10-23-14-19/h1-10,14-16H,11-13H2,(H,24,27). The summed E-state index contributed by atoms with van der Waals surface area (Å²) in [5, 5.41) is 9.62. The maximum atomic E-state index is 12.3. The Balaban J connectivity index is 1.33.